The zero-order valence-corrected chi connectivity index (χ0v) is 10.7. The maximum atomic E-state index is 10.6. The molecule has 1 aromatic heterocycles. The highest BCUT2D eigenvalue weighted by Gasteiger charge is 2.38. The second kappa shape index (κ2) is 6.71. The van der Waals surface area contributed by atoms with Gasteiger partial charge in [-0.3, -0.25) is 0 Å². The van der Waals surface area contributed by atoms with Crippen LogP contribution in [0.3, 0.4) is 0 Å². The predicted octanol–water partition coefficient (Wildman–Crippen LogP) is 1.70. The number of thiazole rings is 1. The summed E-state index contributed by atoms with van der Waals surface area (Å²) in [6.45, 7) is 2.13. The van der Waals surface area contributed by atoms with Gasteiger partial charge in [0, 0.05) is 30.7 Å². The van der Waals surface area contributed by atoms with E-state index in [2.05, 4.69) is 9.88 Å². The Morgan fingerprint density at radius 1 is 1.47 bits per heavy atom. The first-order valence-electron chi connectivity index (χ1n) is 5.51. The molecule has 1 saturated heterocycles. The fourth-order valence-corrected chi connectivity index (χ4v) is 2.16. The Bertz CT molecular complexity index is 389. The molecule has 5 nitrogen and oxygen atoms in total. The molecule has 1 aliphatic rings. The van der Waals surface area contributed by atoms with E-state index in [9.17, 15) is 13.2 Å². The van der Waals surface area contributed by atoms with Crippen molar-refractivity contribution in [1.82, 2.24) is 4.98 Å². The monoisotopic (exact) mass is 297 g/mol. The minimum Gasteiger partial charge on any atom is -0.475 e. The Morgan fingerprint density at radius 2 is 2.00 bits per heavy atom. The Morgan fingerprint density at radius 3 is 2.37 bits per heavy atom. The van der Waals surface area contributed by atoms with Crippen LogP contribution >= 0.6 is 11.3 Å². The lowest BCUT2D eigenvalue weighted by Crippen LogP contribution is -2.39. The van der Waals surface area contributed by atoms with Gasteiger partial charge in [-0.2, -0.15) is 13.2 Å². The number of piperidine rings is 1. The van der Waals surface area contributed by atoms with Crippen LogP contribution in [0.25, 0.3) is 0 Å². The molecule has 0 radical (unpaired) electrons. The van der Waals surface area contributed by atoms with Gasteiger partial charge < -0.3 is 15.7 Å². The van der Waals surface area contributed by atoms with E-state index in [1.807, 2.05) is 11.6 Å². The minimum atomic E-state index is -5.08. The average Bonchev–Trinajstić information content (AvgIpc) is 2.83. The largest absolute Gasteiger partial charge is 0.490 e. The molecule has 0 aromatic carbocycles. The number of nitrogens with two attached hydrogens (primary N) is 1. The summed E-state index contributed by atoms with van der Waals surface area (Å²) in [4.78, 5) is 15.5. The molecule has 1 aromatic rings. The van der Waals surface area contributed by atoms with Crippen molar-refractivity contribution in [3.05, 3.63) is 11.6 Å². The highest BCUT2D eigenvalue weighted by Crippen LogP contribution is 2.21. The molecule has 0 saturated carbocycles. The van der Waals surface area contributed by atoms with Gasteiger partial charge in [-0.25, -0.2) is 9.78 Å². The van der Waals surface area contributed by atoms with Crippen molar-refractivity contribution in [2.75, 3.05) is 18.0 Å². The smallest absolute Gasteiger partial charge is 0.475 e. The van der Waals surface area contributed by atoms with E-state index in [1.165, 1.54) is 0 Å². The standard InChI is InChI=1S/C8H13N3S.C2HF3O2/c9-7-1-4-11(5-2-7)8-10-3-6-12-8;3-2(4,5)1(6)7/h3,6-7H,1-2,4-5,9H2;(H,6,7). The van der Waals surface area contributed by atoms with E-state index in [-0.39, 0.29) is 0 Å². The molecule has 2 rings (SSSR count). The second-order valence-corrected chi connectivity index (χ2v) is 4.82. The van der Waals surface area contributed by atoms with E-state index < -0.39 is 12.1 Å². The van der Waals surface area contributed by atoms with E-state index in [0.717, 1.165) is 31.1 Å². The van der Waals surface area contributed by atoms with Crippen molar-refractivity contribution < 1.29 is 23.1 Å². The van der Waals surface area contributed by atoms with Crippen LogP contribution in [0.5, 0.6) is 0 Å². The van der Waals surface area contributed by atoms with Crippen LogP contribution in [0.4, 0.5) is 18.3 Å². The first kappa shape index (κ1) is 15.7. The summed E-state index contributed by atoms with van der Waals surface area (Å²) < 4.78 is 31.7. The van der Waals surface area contributed by atoms with Crippen LogP contribution < -0.4 is 10.6 Å². The molecule has 108 valence electrons. The number of carbonyl (C=O) groups is 1. The highest BCUT2D eigenvalue weighted by atomic mass is 32.1. The average molecular weight is 297 g/mol. The molecule has 0 aliphatic carbocycles. The Kier molecular flexibility index (Phi) is 5.55. The molecule has 1 fully saturated rings. The first-order chi connectivity index (χ1) is 8.80. The lowest BCUT2D eigenvalue weighted by Gasteiger charge is -2.29. The lowest BCUT2D eigenvalue weighted by atomic mass is 10.1. The molecule has 1 aliphatic heterocycles. The highest BCUT2D eigenvalue weighted by molar-refractivity contribution is 7.13. The molecule has 0 bridgehead atoms. The number of hydrogen-bond donors (Lipinski definition) is 2. The first-order valence-corrected chi connectivity index (χ1v) is 6.39. The Balaban J connectivity index is 0.000000224. The van der Waals surface area contributed by atoms with E-state index in [0.29, 0.717) is 6.04 Å². The minimum absolute atomic E-state index is 0.404. The molecule has 0 atom stereocenters. The fraction of sp³-hybridized carbons (Fsp3) is 0.600. The summed E-state index contributed by atoms with van der Waals surface area (Å²) in [7, 11) is 0. The molecule has 0 spiro atoms. The van der Waals surface area contributed by atoms with Gasteiger partial charge in [0.2, 0.25) is 0 Å². The number of nitrogens with zero attached hydrogens (tertiary/aromatic N) is 2. The number of aliphatic carboxylic acids is 1. The van der Waals surface area contributed by atoms with Gasteiger partial charge in [0.25, 0.3) is 0 Å². The van der Waals surface area contributed by atoms with Gasteiger partial charge in [0.05, 0.1) is 0 Å². The summed E-state index contributed by atoms with van der Waals surface area (Å²) in [5, 5.41) is 10.3. The van der Waals surface area contributed by atoms with Crippen molar-refractivity contribution in [3.8, 4) is 0 Å². The van der Waals surface area contributed by atoms with Crippen LogP contribution in [0.15, 0.2) is 11.6 Å². The van der Waals surface area contributed by atoms with Crippen LogP contribution in [0.1, 0.15) is 12.8 Å². The quantitative estimate of drug-likeness (QED) is 0.825. The van der Waals surface area contributed by atoms with Crippen molar-refractivity contribution in [1.29, 1.82) is 0 Å². The fourth-order valence-electron chi connectivity index (χ4n) is 1.46. The van der Waals surface area contributed by atoms with Gasteiger partial charge in [0.1, 0.15) is 0 Å². The molecule has 9 heteroatoms. The predicted molar refractivity (Wildman–Crippen MR) is 65.2 cm³/mol. The van der Waals surface area contributed by atoms with Crippen LogP contribution in [-0.2, 0) is 4.79 Å². The van der Waals surface area contributed by atoms with E-state index >= 15 is 0 Å². The molecular weight excluding hydrogens is 283 g/mol. The van der Waals surface area contributed by atoms with Gasteiger partial charge in [0.15, 0.2) is 5.13 Å². The third kappa shape index (κ3) is 5.43. The summed E-state index contributed by atoms with van der Waals surface area (Å²) in [5.41, 5.74) is 5.81. The second-order valence-electron chi connectivity index (χ2n) is 3.94. The Hall–Kier alpha value is -1.35. The van der Waals surface area contributed by atoms with Crippen LogP contribution in [0.2, 0.25) is 0 Å². The maximum absolute atomic E-state index is 10.6. The Labute approximate surface area is 111 Å². The number of alkyl halides is 3. The SMILES string of the molecule is NC1CCN(c2nccs2)CC1.O=C(O)C(F)(F)F. The van der Waals surface area contributed by atoms with E-state index in [1.54, 1.807) is 11.3 Å². The van der Waals surface area contributed by atoms with Gasteiger partial charge in [-0.15, -0.1) is 11.3 Å². The number of halogens is 3. The van der Waals surface area contributed by atoms with Crippen molar-refractivity contribution in [2.24, 2.45) is 5.73 Å². The molecule has 0 amide bonds. The molecule has 0 unspecified atom stereocenters. The third-order valence-electron chi connectivity index (χ3n) is 2.47. The van der Waals surface area contributed by atoms with Gasteiger partial charge >= 0.3 is 12.1 Å². The topological polar surface area (TPSA) is 79.5 Å². The normalized spacial score (nSPS) is 16.7. The number of carboxylic acids is 1. The van der Waals surface area contributed by atoms with Gasteiger partial charge in [-0.05, 0) is 12.8 Å². The molecule has 2 heterocycles. The lowest BCUT2D eigenvalue weighted by molar-refractivity contribution is -0.192. The van der Waals surface area contributed by atoms with Gasteiger partial charge in [-0.1, -0.05) is 0 Å². The number of carboxylic acid groups (broad SMARTS) is 1. The molecule has 19 heavy (non-hydrogen) atoms. The van der Waals surface area contributed by atoms with Crippen molar-refractivity contribution in [2.45, 2.75) is 25.1 Å². The number of aromatic nitrogens is 1. The number of rotatable bonds is 1. The zero-order chi connectivity index (χ0) is 14.5. The summed E-state index contributed by atoms with van der Waals surface area (Å²) in [6, 6.07) is 0.404. The van der Waals surface area contributed by atoms with Crippen molar-refractivity contribution in [3.63, 3.8) is 0 Å². The third-order valence-corrected chi connectivity index (χ3v) is 3.30. The number of hydrogen-bond acceptors (Lipinski definition) is 5. The maximum Gasteiger partial charge on any atom is 0.490 e. The molecular formula is C10H14F3N3O2S. The van der Waals surface area contributed by atoms with E-state index in [4.69, 9.17) is 15.6 Å². The summed E-state index contributed by atoms with van der Waals surface area (Å²) in [6.07, 6.45) is -1.03. The number of anilines is 1. The van der Waals surface area contributed by atoms with Crippen molar-refractivity contribution >= 4 is 22.4 Å². The zero-order valence-electron chi connectivity index (χ0n) is 9.93. The summed E-state index contributed by atoms with van der Waals surface area (Å²) >= 11 is 1.70. The van der Waals surface area contributed by atoms with Crippen LogP contribution in [0, 0.1) is 0 Å². The summed E-state index contributed by atoms with van der Waals surface area (Å²) in [5.74, 6) is -2.76. The molecule has 3 N–H and O–H groups in total. The van der Waals surface area contributed by atoms with Crippen LogP contribution in [-0.4, -0.2) is 41.4 Å².